The number of fused-ring (bicyclic) bond motifs is 1. The van der Waals surface area contributed by atoms with Crippen molar-refractivity contribution in [2.24, 2.45) is 5.92 Å². The number of ether oxygens (including phenoxy) is 1. The third-order valence-corrected chi connectivity index (χ3v) is 6.53. The number of nitrogens with two attached hydrogens (primary N) is 1. The smallest absolute Gasteiger partial charge is 0.306 e. The van der Waals surface area contributed by atoms with Crippen molar-refractivity contribution in [2.45, 2.75) is 51.6 Å². The van der Waals surface area contributed by atoms with Crippen LogP contribution in [0.15, 0.2) is 36.4 Å². The van der Waals surface area contributed by atoms with Crippen LogP contribution in [0.5, 0.6) is 5.75 Å². The van der Waals surface area contributed by atoms with E-state index in [0.717, 1.165) is 45.5 Å². The van der Waals surface area contributed by atoms with Gasteiger partial charge in [-0.15, -0.1) is 0 Å². The van der Waals surface area contributed by atoms with E-state index in [1.807, 2.05) is 31.2 Å². The molecule has 1 aliphatic carbocycles. The number of hydrogen-bond donors (Lipinski definition) is 2. The summed E-state index contributed by atoms with van der Waals surface area (Å²) in [6, 6.07) is 12.2. The first-order valence-corrected chi connectivity index (χ1v) is 11.0. The highest BCUT2D eigenvalue weighted by molar-refractivity contribution is 7.22. The number of nitrogens with zero attached hydrogens (tertiary/aromatic N) is 1. The van der Waals surface area contributed by atoms with Crippen molar-refractivity contribution < 1.29 is 14.6 Å². The van der Waals surface area contributed by atoms with Gasteiger partial charge in [0.15, 0.2) is 5.13 Å². The summed E-state index contributed by atoms with van der Waals surface area (Å²) in [4.78, 5) is 15.8. The van der Waals surface area contributed by atoms with Crippen molar-refractivity contribution in [3.63, 3.8) is 0 Å². The number of rotatable bonds is 7. The molecule has 5 nitrogen and oxygen atoms in total. The minimum absolute atomic E-state index is 0.254. The van der Waals surface area contributed by atoms with Gasteiger partial charge >= 0.3 is 5.97 Å². The first-order chi connectivity index (χ1) is 14.0. The highest BCUT2D eigenvalue weighted by atomic mass is 32.1. The van der Waals surface area contributed by atoms with E-state index >= 15 is 0 Å². The minimum Gasteiger partial charge on any atom is -0.490 e. The fraction of sp³-hybridized carbons (Fsp3) is 0.391. The van der Waals surface area contributed by atoms with Gasteiger partial charge in [0.1, 0.15) is 5.75 Å². The Labute approximate surface area is 174 Å². The molecule has 152 valence electrons. The largest absolute Gasteiger partial charge is 0.490 e. The zero-order valence-corrected chi connectivity index (χ0v) is 17.4. The summed E-state index contributed by atoms with van der Waals surface area (Å²) in [5.41, 5.74) is 9.81. The van der Waals surface area contributed by atoms with E-state index in [2.05, 4.69) is 17.1 Å². The lowest BCUT2D eigenvalue weighted by Gasteiger charge is -2.19. The van der Waals surface area contributed by atoms with Crippen LogP contribution in [0.3, 0.4) is 0 Å². The molecule has 3 aromatic rings. The van der Waals surface area contributed by atoms with Crippen LogP contribution in [0.25, 0.3) is 21.3 Å². The molecule has 0 saturated heterocycles. The van der Waals surface area contributed by atoms with Crippen LogP contribution in [-0.2, 0) is 11.2 Å². The number of nitrogen functional groups attached to an aromatic ring is 1. The number of carboxylic acids is 1. The predicted molar refractivity (Wildman–Crippen MR) is 117 cm³/mol. The van der Waals surface area contributed by atoms with Crippen molar-refractivity contribution in [3.05, 3.63) is 42.0 Å². The zero-order chi connectivity index (χ0) is 20.4. The maximum Gasteiger partial charge on any atom is 0.306 e. The molecule has 29 heavy (non-hydrogen) atoms. The Balaban J connectivity index is 1.73. The third kappa shape index (κ3) is 4.37. The molecule has 1 aromatic heterocycles. The number of aliphatic carboxylic acids is 1. The first kappa shape index (κ1) is 19.7. The van der Waals surface area contributed by atoms with Crippen LogP contribution < -0.4 is 10.5 Å². The molecule has 4 rings (SSSR count). The molecule has 1 saturated carbocycles. The Hall–Kier alpha value is -2.60. The molecule has 1 aliphatic rings. The number of thiazole rings is 1. The standard InChI is InChI=1S/C23H26N2O3S/c1-2-15(22(26)27)11-14-7-10-20(28-17-5-3-4-6-17)18(12-14)16-8-9-19-21(13-16)29-23(24)25-19/h7-10,12-13,15,17H,2-6,11H2,1H3,(H2,24,25)(H,26,27). The number of aromatic nitrogens is 1. The lowest BCUT2D eigenvalue weighted by atomic mass is 9.94. The second kappa shape index (κ2) is 8.41. The Morgan fingerprint density at radius 2 is 2.07 bits per heavy atom. The predicted octanol–water partition coefficient (Wildman–Crippen LogP) is 5.52. The first-order valence-electron chi connectivity index (χ1n) is 10.2. The molecule has 0 aliphatic heterocycles. The van der Waals surface area contributed by atoms with Crippen molar-refractivity contribution in [3.8, 4) is 16.9 Å². The molecule has 1 heterocycles. The summed E-state index contributed by atoms with van der Waals surface area (Å²) in [5.74, 6) is -0.268. The topological polar surface area (TPSA) is 85.4 Å². The average Bonchev–Trinajstić information content (AvgIpc) is 3.34. The van der Waals surface area contributed by atoms with Gasteiger partial charge in [0.25, 0.3) is 0 Å². The summed E-state index contributed by atoms with van der Waals surface area (Å²) in [6.07, 6.45) is 5.97. The molecular formula is C23H26N2O3S. The van der Waals surface area contributed by atoms with Crippen molar-refractivity contribution in [1.82, 2.24) is 4.98 Å². The highest BCUT2D eigenvalue weighted by Gasteiger charge is 2.21. The molecule has 0 amide bonds. The Bertz CT molecular complexity index is 1020. The van der Waals surface area contributed by atoms with Crippen molar-refractivity contribution in [1.29, 1.82) is 0 Å². The summed E-state index contributed by atoms with van der Waals surface area (Å²) in [5, 5.41) is 10.00. The minimum atomic E-state index is -0.748. The molecule has 1 fully saturated rings. The summed E-state index contributed by atoms with van der Waals surface area (Å²) in [6.45, 7) is 1.92. The van der Waals surface area contributed by atoms with Crippen LogP contribution >= 0.6 is 11.3 Å². The summed E-state index contributed by atoms with van der Waals surface area (Å²) >= 11 is 1.47. The van der Waals surface area contributed by atoms with E-state index in [1.54, 1.807) is 0 Å². The Morgan fingerprint density at radius 1 is 1.28 bits per heavy atom. The molecule has 2 aromatic carbocycles. The number of hydrogen-bond acceptors (Lipinski definition) is 5. The normalized spacial score (nSPS) is 15.6. The maximum atomic E-state index is 11.5. The molecule has 0 radical (unpaired) electrons. The van der Waals surface area contributed by atoms with Crippen LogP contribution in [0.1, 0.15) is 44.6 Å². The van der Waals surface area contributed by atoms with Gasteiger partial charge in [0.2, 0.25) is 0 Å². The van der Waals surface area contributed by atoms with E-state index in [0.29, 0.717) is 18.0 Å². The van der Waals surface area contributed by atoms with Gasteiger partial charge in [-0.25, -0.2) is 4.98 Å². The molecule has 3 N–H and O–H groups in total. The Morgan fingerprint density at radius 3 is 2.79 bits per heavy atom. The zero-order valence-electron chi connectivity index (χ0n) is 16.6. The van der Waals surface area contributed by atoms with Gasteiger partial charge < -0.3 is 15.6 Å². The van der Waals surface area contributed by atoms with Crippen molar-refractivity contribution >= 4 is 32.7 Å². The molecule has 1 atom stereocenters. The fourth-order valence-electron chi connectivity index (χ4n) is 4.02. The van der Waals surface area contributed by atoms with Gasteiger partial charge in [0, 0.05) is 5.56 Å². The van der Waals surface area contributed by atoms with Gasteiger partial charge in [-0.2, -0.15) is 0 Å². The monoisotopic (exact) mass is 410 g/mol. The average molecular weight is 411 g/mol. The lowest BCUT2D eigenvalue weighted by Crippen LogP contribution is -2.15. The fourth-order valence-corrected chi connectivity index (χ4v) is 4.79. The number of benzene rings is 2. The third-order valence-electron chi connectivity index (χ3n) is 5.68. The van der Waals surface area contributed by atoms with Crippen LogP contribution in [0, 0.1) is 5.92 Å². The SMILES string of the molecule is CCC(Cc1ccc(OC2CCCC2)c(-c2ccc3nc(N)sc3c2)c1)C(=O)O. The van der Waals surface area contributed by atoms with Gasteiger partial charge in [0.05, 0.1) is 22.2 Å². The van der Waals surface area contributed by atoms with Crippen LogP contribution in [-0.4, -0.2) is 22.2 Å². The Kier molecular flexibility index (Phi) is 5.72. The van der Waals surface area contributed by atoms with E-state index in [9.17, 15) is 9.90 Å². The van der Waals surface area contributed by atoms with Crippen LogP contribution in [0.2, 0.25) is 0 Å². The molecule has 6 heteroatoms. The van der Waals surface area contributed by atoms with E-state index in [1.165, 1.54) is 24.2 Å². The number of carboxylic acid groups (broad SMARTS) is 1. The van der Waals surface area contributed by atoms with Gasteiger partial charge in [-0.3, -0.25) is 4.79 Å². The van der Waals surface area contributed by atoms with Crippen molar-refractivity contribution in [2.75, 3.05) is 5.73 Å². The summed E-state index contributed by atoms with van der Waals surface area (Å²) < 4.78 is 7.39. The highest BCUT2D eigenvalue weighted by Crippen LogP contribution is 2.37. The van der Waals surface area contributed by atoms with Crippen LogP contribution in [0.4, 0.5) is 5.13 Å². The maximum absolute atomic E-state index is 11.5. The number of carbonyl (C=O) groups is 1. The second-order valence-electron chi connectivity index (χ2n) is 7.74. The van der Waals surface area contributed by atoms with E-state index < -0.39 is 5.97 Å². The molecule has 1 unspecified atom stereocenters. The number of anilines is 1. The van der Waals surface area contributed by atoms with E-state index in [-0.39, 0.29) is 12.0 Å². The van der Waals surface area contributed by atoms with E-state index in [4.69, 9.17) is 10.5 Å². The van der Waals surface area contributed by atoms with Gasteiger partial charge in [-0.05, 0) is 73.9 Å². The molecule has 0 spiro atoms. The quantitative estimate of drug-likeness (QED) is 0.536. The van der Waals surface area contributed by atoms with Gasteiger partial charge in [-0.1, -0.05) is 30.4 Å². The summed E-state index contributed by atoms with van der Waals surface area (Å²) in [7, 11) is 0. The lowest BCUT2D eigenvalue weighted by molar-refractivity contribution is -0.141. The molecule has 0 bridgehead atoms. The second-order valence-corrected chi connectivity index (χ2v) is 8.80. The molecular weight excluding hydrogens is 384 g/mol.